The summed E-state index contributed by atoms with van der Waals surface area (Å²) in [6.45, 7) is 0.142. The standard InChI is InChI=1S/C8H5Cl3F12Si/c1-2-3(12,13)4(14,15)5(16,17)6(18,19)7(20,21)8(22,23)24(9,10)11/h2H2,1H3. The van der Waals surface area contributed by atoms with E-state index in [0.717, 1.165) is 0 Å². The minimum absolute atomic E-state index is 0.142. The number of hydrogen-bond donors (Lipinski definition) is 0. The van der Waals surface area contributed by atoms with Crippen molar-refractivity contribution in [3.05, 3.63) is 0 Å². The van der Waals surface area contributed by atoms with Crippen LogP contribution >= 0.6 is 33.2 Å². The second-order valence-electron chi connectivity index (χ2n) is 4.43. The summed E-state index contributed by atoms with van der Waals surface area (Å²) >= 11 is 13.3. The van der Waals surface area contributed by atoms with Gasteiger partial charge in [-0.2, -0.15) is 52.7 Å². The molecule has 0 saturated heterocycles. The molecule has 16 heteroatoms. The lowest BCUT2D eigenvalue weighted by atomic mass is 9.93. The SMILES string of the molecule is CCC(F)(F)C(F)(F)C(F)(F)C(F)(F)C(F)(F)C(F)(F)[Si](Cl)(Cl)Cl. The quantitative estimate of drug-likeness (QED) is 0.233. The molecule has 0 rings (SSSR count). The van der Waals surface area contributed by atoms with Gasteiger partial charge in [0.2, 0.25) is 0 Å². The summed E-state index contributed by atoms with van der Waals surface area (Å²) in [5.41, 5.74) is -6.49. The largest absolute Gasteiger partial charge is 0.424 e. The lowest BCUT2D eigenvalue weighted by molar-refractivity contribution is -0.417. The zero-order valence-electron chi connectivity index (χ0n) is 10.9. The minimum atomic E-state index is -7.69. The third-order valence-corrected chi connectivity index (χ3v) is 6.00. The van der Waals surface area contributed by atoms with Crippen molar-refractivity contribution in [3.63, 3.8) is 0 Å². The number of hydrogen-bond acceptors (Lipinski definition) is 0. The third-order valence-electron chi connectivity index (χ3n) is 2.84. The van der Waals surface area contributed by atoms with Gasteiger partial charge in [0.15, 0.2) is 0 Å². The van der Waals surface area contributed by atoms with Gasteiger partial charge in [0.1, 0.15) is 0 Å². The summed E-state index contributed by atoms with van der Waals surface area (Å²) in [5.74, 6) is -35.7. The maximum Gasteiger partial charge on any atom is 0.424 e. The Hall–Kier alpha value is 0.247. The van der Waals surface area contributed by atoms with E-state index in [1.807, 2.05) is 0 Å². The molecule has 0 fully saturated rings. The Labute approximate surface area is 141 Å². The third kappa shape index (κ3) is 3.06. The van der Waals surface area contributed by atoms with Gasteiger partial charge >= 0.3 is 41.2 Å². The average molecular weight is 464 g/mol. The number of halogens is 15. The van der Waals surface area contributed by atoms with Crippen molar-refractivity contribution >= 4 is 39.2 Å². The Morgan fingerprint density at radius 1 is 0.583 bits per heavy atom. The van der Waals surface area contributed by atoms with Crippen LogP contribution in [-0.4, -0.2) is 41.2 Å². The molecule has 0 nitrogen and oxygen atoms in total. The smallest absolute Gasteiger partial charge is 0.200 e. The van der Waals surface area contributed by atoms with Crippen LogP contribution in [0.15, 0.2) is 0 Å². The molecule has 0 aromatic heterocycles. The fourth-order valence-corrected chi connectivity index (χ4v) is 2.80. The fraction of sp³-hybridized carbons (Fsp3) is 1.00. The molecule has 0 heterocycles. The van der Waals surface area contributed by atoms with Crippen molar-refractivity contribution in [2.75, 3.05) is 0 Å². The van der Waals surface area contributed by atoms with E-state index in [4.69, 9.17) is 0 Å². The highest BCUT2D eigenvalue weighted by atomic mass is 35.8. The maximum absolute atomic E-state index is 13.2. The van der Waals surface area contributed by atoms with Gasteiger partial charge in [0, 0.05) is 6.42 Å². The highest BCUT2D eigenvalue weighted by Gasteiger charge is 2.92. The molecular formula is C8H5Cl3F12Si. The van der Waals surface area contributed by atoms with Crippen LogP contribution in [0.2, 0.25) is 0 Å². The van der Waals surface area contributed by atoms with Gasteiger partial charge in [-0.15, -0.1) is 33.2 Å². The molecule has 0 aromatic rings. The van der Waals surface area contributed by atoms with Crippen molar-refractivity contribution in [2.45, 2.75) is 48.5 Å². The Morgan fingerprint density at radius 2 is 0.875 bits per heavy atom. The summed E-state index contributed by atoms with van der Waals surface area (Å²) in [6, 6.07) is -6.23. The van der Waals surface area contributed by atoms with E-state index >= 15 is 0 Å². The van der Waals surface area contributed by atoms with Gasteiger partial charge in [0.25, 0.3) is 0 Å². The first-order valence-corrected chi connectivity index (χ1v) is 10.4. The molecule has 0 unspecified atom stereocenters. The molecule has 0 spiro atoms. The molecule has 0 atom stereocenters. The molecule has 24 heavy (non-hydrogen) atoms. The molecule has 0 aliphatic heterocycles. The lowest BCUT2D eigenvalue weighted by Gasteiger charge is -2.42. The van der Waals surface area contributed by atoms with Crippen molar-refractivity contribution in [3.8, 4) is 0 Å². The van der Waals surface area contributed by atoms with Crippen LogP contribution in [0.4, 0.5) is 52.7 Å². The molecular weight excluding hydrogens is 459 g/mol. The van der Waals surface area contributed by atoms with Crippen LogP contribution in [0, 0.1) is 0 Å². The Kier molecular flexibility index (Phi) is 6.21. The highest BCUT2D eigenvalue weighted by Crippen LogP contribution is 2.62. The van der Waals surface area contributed by atoms with E-state index in [1.54, 1.807) is 0 Å². The summed E-state index contributed by atoms with van der Waals surface area (Å²) in [6.07, 6.45) is -2.19. The van der Waals surface area contributed by atoms with E-state index in [2.05, 4.69) is 33.2 Å². The van der Waals surface area contributed by atoms with E-state index in [-0.39, 0.29) is 6.92 Å². The first kappa shape index (κ1) is 24.2. The predicted molar refractivity (Wildman–Crippen MR) is 63.3 cm³/mol. The molecule has 0 bridgehead atoms. The summed E-state index contributed by atoms with van der Waals surface area (Å²) in [5, 5.41) is 0. The van der Waals surface area contributed by atoms with E-state index in [9.17, 15) is 52.7 Å². The molecule has 0 saturated carbocycles. The molecule has 0 aliphatic carbocycles. The Bertz CT molecular complexity index is 471. The first-order chi connectivity index (χ1) is 10.1. The highest BCUT2D eigenvalue weighted by molar-refractivity contribution is 7.65. The van der Waals surface area contributed by atoms with Crippen LogP contribution in [0.3, 0.4) is 0 Å². The molecule has 0 aromatic carbocycles. The summed E-state index contributed by atoms with van der Waals surface area (Å²) < 4.78 is 157. The molecule has 0 aliphatic rings. The zero-order valence-corrected chi connectivity index (χ0v) is 14.1. The van der Waals surface area contributed by atoms with Crippen LogP contribution < -0.4 is 0 Å². The monoisotopic (exact) mass is 462 g/mol. The van der Waals surface area contributed by atoms with Crippen molar-refractivity contribution in [2.24, 2.45) is 0 Å². The molecule has 146 valence electrons. The van der Waals surface area contributed by atoms with Gasteiger partial charge < -0.3 is 0 Å². The number of rotatable bonds is 7. The van der Waals surface area contributed by atoms with Crippen LogP contribution in [-0.2, 0) is 0 Å². The summed E-state index contributed by atoms with van der Waals surface area (Å²) in [4.78, 5) is 0. The maximum atomic E-state index is 13.2. The second kappa shape index (κ2) is 6.15. The topological polar surface area (TPSA) is 0 Å². The van der Waals surface area contributed by atoms with Gasteiger partial charge in [-0.3, -0.25) is 0 Å². The average Bonchev–Trinajstić information content (AvgIpc) is 2.36. The van der Waals surface area contributed by atoms with E-state index in [1.165, 1.54) is 0 Å². The van der Waals surface area contributed by atoms with Gasteiger partial charge in [-0.05, 0) is 0 Å². The molecule has 0 N–H and O–H groups in total. The van der Waals surface area contributed by atoms with Crippen LogP contribution in [0.25, 0.3) is 0 Å². The normalized spacial score (nSPS) is 16.5. The molecule has 0 radical (unpaired) electrons. The van der Waals surface area contributed by atoms with Crippen molar-refractivity contribution < 1.29 is 52.7 Å². The van der Waals surface area contributed by atoms with Crippen molar-refractivity contribution in [1.29, 1.82) is 0 Å². The second-order valence-corrected chi connectivity index (χ2v) is 12.9. The lowest BCUT2D eigenvalue weighted by Crippen LogP contribution is -2.73. The van der Waals surface area contributed by atoms with Crippen LogP contribution in [0.5, 0.6) is 0 Å². The van der Waals surface area contributed by atoms with Gasteiger partial charge in [-0.1, -0.05) is 6.92 Å². The predicted octanol–water partition coefficient (Wildman–Crippen LogP) is 6.40. The minimum Gasteiger partial charge on any atom is -0.200 e. The zero-order chi connectivity index (χ0) is 20.2. The van der Waals surface area contributed by atoms with E-state index < -0.39 is 47.6 Å². The van der Waals surface area contributed by atoms with Crippen molar-refractivity contribution in [1.82, 2.24) is 0 Å². The van der Waals surface area contributed by atoms with E-state index in [0.29, 0.717) is 0 Å². The molecule has 0 amide bonds. The van der Waals surface area contributed by atoms with Gasteiger partial charge in [0.05, 0.1) is 0 Å². The Morgan fingerprint density at radius 3 is 1.12 bits per heavy atom. The fourth-order valence-electron chi connectivity index (χ4n) is 1.22. The van der Waals surface area contributed by atoms with Crippen LogP contribution in [0.1, 0.15) is 13.3 Å². The Balaban J connectivity index is 6.42. The first-order valence-electron chi connectivity index (χ1n) is 5.40. The number of alkyl halides is 12. The summed E-state index contributed by atoms with van der Waals surface area (Å²) in [7, 11) is 0. The van der Waals surface area contributed by atoms with Gasteiger partial charge in [-0.25, -0.2) is 0 Å².